The van der Waals surface area contributed by atoms with Gasteiger partial charge in [0.1, 0.15) is 11.9 Å². The number of benzene rings is 1. The van der Waals surface area contributed by atoms with Gasteiger partial charge in [0, 0.05) is 11.3 Å². The molecule has 3 atom stereocenters. The first kappa shape index (κ1) is 18.3. The zero-order valence-electron chi connectivity index (χ0n) is 15.5. The lowest BCUT2D eigenvalue weighted by atomic mass is 9.94. The van der Waals surface area contributed by atoms with Crippen LogP contribution >= 0.6 is 0 Å². The second kappa shape index (κ2) is 7.81. The second-order valence-corrected chi connectivity index (χ2v) is 6.89. The predicted molar refractivity (Wildman–Crippen MR) is 97.6 cm³/mol. The highest BCUT2D eigenvalue weighted by atomic mass is 16.5. The molecule has 3 rings (SSSR count). The molecule has 1 aliphatic heterocycles. The van der Waals surface area contributed by atoms with Crippen molar-refractivity contribution in [3.05, 3.63) is 41.1 Å². The van der Waals surface area contributed by atoms with E-state index in [-0.39, 0.29) is 18.1 Å². The van der Waals surface area contributed by atoms with Crippen LogP contribution in [-0.4, -0.2) is 24.7 Å². The molecule has 0 spiro atoms. The van der Waals surface area contributed by atoms with Crippen molar-refractivity contribution < 1.29 is 19.1 Å². The molecule has 1 aliphatic carbocycles. The van der Waals surface area contributed by atoms with Gasteiger partial charge in [-0.15, -0.1) is 0 Å². The molecule has 0 unspecified atom stereocenters. The lowest BCUT2D eigenvalue weighted by molar-refractivity contribution is -0.146. The summed E-state index contributed by atoms with van der Waals surface area (Å²) < 4.78 is 11.5. The van der Waals surface area contributed by atoms with Crippen LogP contribution in [0.25, 0.3) is 0 Å². The summed E-state index contributed by atoms with van der Waals surface area (Å²) in [5.74, 6) is 0.625. The number of para-hydroxylation sites is 1. The fourth-order valence-corrected chi connectivity index (χ4v) is 3.69. The molecule has 0 saturated heterocycles. The summed E-state index contributed by atoms with van der Waals surface area (Å²) in [4.78, 5) is 25.0. The third-order valence-electron chi connectivity index (χ3n) is 5.06. The number of esters is 1. The number of urea groups is 1. The van der Waals surface area contributed by atoms with Crippen LogP contribution in [0.2, 0.25) is 0 Å². The van der Waals surface area contributed by atoms with Gasteiger partial charge < -0.3 is 20.1 Å². The molecule has 1 aromatic rings. The van der Waals surface area contributed by atoms with Gasteiger partial charge in [-0.2, -0.15) is 0 Å². The summed E-state index contributed by atoms with van der Waals surface area (Å²) in [6.45, 7) is 6.23. The zero-order valence-corrected chi connectivity index (χ0v) is 15.5. The van der Waals surface area contributed by atoms with E-state index in [4.69, 9.17) is 9.47 Å². The average Bonchev–Trinajstić information content (AvgIpc) is 2.99. The highest BCUT2D eigenvalue weighted by molar-refractivity contribution is 5.95. The van der Waals surface area contributed by atoms with E-state index in [1.54, 1.807) is 6.92 Å². The molecule has 0 aromatic heterocycles. The summed E-state index contributed by atoms with van der Waals surface area (Å²) in [5, 5.41) is 5.53. The Balaban J connectivity index is 1.93. The van der Waals surface area contributed by atoms with Crippen LogP contribution in [0.3, 0.4) is 0 Å². The zero-order chi connectivity index (χ0) is 18.7. The third kappa shape index (κ3) is 3.69. The van der Waals surface area contributed by atoms with Crippen LogP contribution in [0.5, 0.6) is 5.75 Å². The first-order valence-corrected chi connectivity index (χ1v) is 9.22. The van der Waals surface area contributed by atoms with Crippen LogP contribution in [0.15, 0.2) is 35.5 Å². The molecule has 1 fully saturated rings. The molecule has 140 valence electrons. The second-order valence-electron chi connectivity index (χ2n) is 6.89. The van der Waals surface area contributed by atoms with Crippen molar-refractivity contribution in [2.75, 3.05) is 6.61 Å². The number of carbonyl (C=O) groups is 2. The van der Waals surface area contributed by atoms with Gasteiger partial charge in [-0.3, -0.25) is 0 Å². The van der Waals surface area contributed by atoms with Gasteiger partial charge in [-0.05, 0) is 45.1 Å². The maximum Gasteiger partial charge on any atom is 0.338 e. The lowest BCUT2D eigenvalue weighted by Gasteiger charge is -2.30. The summed E-state index contributed by atoms with van der Waals surface area (Å²) in [6.07, 6.45) is 2.96. The smallest absolute Gasteiger partial charge is 0.338 e. The monoisotopic (exact) mass is 358 g/mol. The molecular formula is C20H26N2O4. The molecule has 0 radical (unpaired) electrons. The largest absolute Gasteiger partial charge is 0.494 e. The highest BCUT2D eigenvalue weighted by Gasteiger charge is 2.36. The summed E-state index contributed by atoms with van der Waals surface area (Å²) in [5.41, 5.74) is 1.69. The highest BCUT2D eigenvalue weighted by Crippen LogP contribution is 2.35. The minimum absolute atomic E-state index is 0.0665. The van der Waals surface area contributed by atoms with Gasteiger partial charge in [0.15, 0.2) is 0 Å². The maximum absolute atomic E-state index is 13.0. The Bertz CT molecular complexity index is 728. The molecule has 2 amide bonds. The van der Waals surface area contributed by atoms with Gasteiger partial charge in [0.2, 0.25) is 0 Å². The normalized spacial score (nSPS) is 25.5. The average molecular weight is 358 g/mol. The Morgan fingerprint density at radius 2 is 2.04 bits per heavy atom. The van der Waals surface area contributed by atoms with E-state index in [1.165, 1.54) is 0 Å². The molecule has 1 saturated carbocycles. The standard InChI is InChI=1S/C20H26N2O4/c1-4-25-16-10-6-5-9-14(16)18-17(13(3)21-20(24)22-18)19(23)26-15-11-7-8-12(15)2/h5-6,9-10,12,15,18H,4,7-8,11H2,1-3H3,(H2,21,22,24)/t12-,15+,18+/m1/s1. The third-order valence-corrected chi connectivity index (χ3v) is 5.06. The van der Waals surface area contributed by atoms with Crippen LogP contribution < -0.4 is 15.4 Å². The Hall–Kier alpha value is -2.50. The number of nitrogens with one attached hydrogen (secondary N) is 2. The van der Waals surface area contributed by atoms with Crippen molar-refractivity contribution in [1.82, 2.24) is 10.6 Å². The quantitative estimate of drug-likeness (QED) is 0.791. The van der Waals surface area contributed by atoms with Gasteiger partial charge in [0.05, 0.1) is 18.2 Å². The lowest BCUT2D eigenvalue weighted by Crippen LogP contribution is -2.45. The predicted octanol–water partition coefficient (Wildman–Crippen LogP) is 3.45. The van der Waals surface area contributed by atoms with Crippen molar-refractivity contribution >= 4 is 12.0 Å². The van der Waals surface area contributed by atoms with Gasteiger partial charge >= 0.3 is 12.0 Å². The van der Waals surface area contributed by atoms with Crippen LogP contribution in [0.1, 0.15) is 51.6 Å². The number of hydrogen-bond donors (Lipinski definition) is 2. The molecule has 26 heavy (non-hydrogen) atoms. The van der Waals surface area contributed by atoms with E-state index in [9.17, 15) is 9.59 Å². The number of allylic oxidation sites excluding steroid dienone is 1. The van der Waals surface area contributed by atoms with Gasteiger partial charge in [-0.1, -0.05) is 25.1 Å². The molecule has 2 aliphatic rings. The SMILES string of the molecule is CCOc1ccccc1[C@@H]1NC(=O)NC(C)=C1C(=O)O[C@H]1CCC[C@H]1C. The molecule has 1 aromatic carbocycles. The first-order valence-electron chi connectivity index (χ1n) is 9.22. The number of amides is 2. The Morgan fingerprint density at radius 1 is 1.27 bits per heavy atom. The number of hydrogen-bond acceptors (Lipinski definition) is 4. The topological polar surface area (TPSA) is 76.7 Å². The molecule has 0 bridgehead atoms. The molecular weight excluding hydrogens is 332 g/mol. The Kier molecular flexibility index (Phi) is 5.49. The van der Waals surface area contributed by atoms with E-state index in [2.05, 4.69) is 17.6 Å². The van der Waals surface area contributed by atoms with Crippen molar-refractivity contribution in [1.29, 1.82) is 0 Å². The van der Waals surface area contributed by atoms with Crippen molar-refractivity contribution in [3.8, 4) is 5.75 Å². The van der Waals surface area contributed by atoms with Crippen LogP contribution in [-0.2, 0) is 9.53 Å². The minimum Gasteiger partial charge on any atom is -0.494 e. The van der Waals surface area contributed by atoms with Crippen molar-refractivity contribution in [3.63, 3.8) is 0 Å². The maximum atomic E-state index is 13.0. The Labute approximate surface area is 153 Å². The van der Waals surface area contributed by atoms with E-state index >= 15 is 0 Å². The molecule has 6 nitrogen and oxygen atoms in total. The van der Waals surface area contributed by atoms with Gasteiger partial charge in [-0.25, -0.2) is 9.59 Å². The number of rotatable bonds is 5. The van der Waals surface area contributed by atoms with Crippen LogP contribution in [0, 0.1) is 5.92 Å². The van der Waals surface area contributed by atoms with Gasteiger partial charge in [0.25, 0.3) is 0 Å². The van der Waals surface area contributed by atoms with E-state index in [1.807, 2.05) is 31.2 Å². The molecule has 2 N–H and O–H groups in total. The minimum atomic E-state index is -0.601. The van der Waals surface area contributed by atoms with Crippen molar-refractivity contribution in [2.24, 2.45) is 5.92 Å². The van der Waals surface area contributed by atoms with E-state index < -0.39 is 6.04 Å². The van der Waals surface area contributed by atoms with Crippen LogP contribution in [0.4, 0.5) is 4.79 Å². The summed E-state index contributed by atoms with van der Waals surface area (Å²) in [6, 6.07) is 6.49. The summed E-state index contributed by atoms with van der Waals surface area (Å²) in [7, 11) is 0. The van der Waals surface area contributed by atoms with Crippen molar-refractivity contribution in [2.45, 2.75) is 52.2 Å². The fourth-order valence-electron chi connectivity index (χ4n) is 3.69. The number of carbonyl (C=O) groups excluding carboxylic acids is 2. The summed E-state index contributed by atoms with van der Waals surface area (Å²) >= 11 is 0. The fraction of sp³-hybridized carbons (Fsp3) is 0.500. The Morgan fingerprint density at radius 3 is 2.73 bits per heavy atom. The molecule has 6 heteroatoms. The van der Waals surface area contributed by atoms with E-state index in [0.29, 0.717) is 29.5 Å². The number of ether oxygens (including phenoxy) is 2. The first-order chi connectivity index (χ1) is 12.5. The molecule has 1 heterocycles. The van der Waals surface area contributed by atoms with E-state index in [0.717, 1.165) is 24.8 Å².